The van der Waals surface area contributed by atoms with Crippen LogP contribution in [0.5, 0.6) is 0 Å². The summed E-state index contributed by atoms with van der Waals surface area (Å²) in [5.74, 6) is 0.886. The Balaban J connectivity index is 0.00000225. The molecule has 0 saturated carbocycles. The van der Waals surface area contributed by atoms with Gasteiger partial charge in [0.25, 0.3) is 0 Å². The number of hydrogen-bond donors (Lipinski definition) is 2. The standard InChI is InChI=1S/C19H30N4O.HI/c1-4-23(15-7-5-6-14(2)12-15)11-10-21-19(20-3)22-17-13-16-8-9-18(17)24-16;/h5-7,12,16-18H,4,8-11,13H2,1-3H3,(H2,20,21,22);1H. The molecule has 2 aliphatic heterocycles. The molecule has 3 rings (SSSR count). The number of rotatable bonds is 6. The van der Waals surface area contributed by atoms with Crippen LogP contribution < -0.4 is 15.5 Å². The van der Waals surface area contributed by atoms with Gasteiger partial charge >= 0.3 is 0 Å². The normalized spacial score (nSPS) is 24.8. The van der Waals surface area contributed by atoms with Gasteiger partial charge in [-0.15, -0.1) is 24.0 Å². The molecule has 2 N–H and O–H groups in total. The van der Waals surface area contributed by atoms with E-state index in [0.29, 0.717) is 18.2 Å². The van der Waals surface area contributed by atoms with E-state index in [2.05, 4.69) is 58.6 Å². The number of hydrogen-bond acceptors (Lipinski definition) is 3. The van der Waals surface area contributed by atoms with E-state index in [-0.39, 0.29) is 24.0 Å². The first-order valence-electron chi connectivity index (χ1n) is 9.14. The minimum atomic E-state index is 0. The monoisotopic (exact) mass is 458 g/mol. The first-order chi connectivity index (χ1) is 11.7. The summed E-state index contributed by atoms with van der Waals surface area (Å²) >= 11 is 0. The maximum atomic E-state index is 5.91. The predicted molar refractivity (Wildman–Crippen MR) is 115 cm³/mol. The van der Waals surface area contributed by atoms with Crippen molar-refractivity contribution in [3.8, 4) is 0 Å². The molecule has 1 aromatic carbocycles. The molecule has 3 unspecified atom stereocenters. The molecule has 0 aliphatic carbocycles. The quantitative estimate of drug-likeness (QED) is 0.391. The van der Waals surface area contributed by atoms with Crippen molar-refractivity contribution in [3.05, 3.63) is 29.8 Å². The molecule has 2 bridgehead atoms. The highest BCUT2D eigenvalue weighted by molar-refractivity contribution is 14.0. The smallest absolute Gasteiger partial charge is 0.191 e. The molecule has 25 heavy (non-hydrogen) atoms. The Kier molecular flexibility index (Phi) is 7.81. The fraction of sp³-hybridized carbons (Fsp3) is 0.632. The highest BCUT2D eigenvalue weighted by Gasteiger charge is 2.41. The second-order valence-electron chi connectivity index (χ2n) is 6.78. The lowest BCUT2D eigenvalue weighted by Gasteiger charge is -2.26. The number of aryl methyl sites for hydroxylation is 1. The van der Waals surface area contributed by atoms with Crippen LogP contribution >= 0.6 is 24.0 Å². The van der Waals surface area contributed by atoms with Gasteiger partial charge in [0, 0.05) is 32.4 Å². The molecule has 6 heteroatoms. The van der Waals surface area contributed by atoms with Crippen molar-refractivity contribution in [2.75, 3.05) is 31.6 Å². The Morgan fingerprint density at radius 2 is 2.20 bits per heavy atom. The van der Waals surface area contributed by atoms with Crippen molar-refractivity contribution < 1.29 is 4.74 Å². The first-order valence-corrected chi connectivity index (χ1v) is 9.14. The summed E-state index contributed by atoms with van der Waals surface area (Å²) in [5, 5.41) is 6.98. The van der Waals surface area contributed by atoms with Crippen molar-refractivity contribution in [2.45, 2.75) is 51.4 Å². The minimum absolute atomic E-state index is 0. The van der Waals surface area contributed by atoms with Gasteiger partial charge in [0.15, 0.2) is 5.96 Å². The third kappa shape index (κ3) is 5.23. The lowest BCUT2D eigenvalue weighted by Crippen LogP contribution is -2.48. The summed E-state index contributed by atoms with van der Waals surface area (Å²) in [4.78, 5) is 6.75. The molecule has 2 saturated heterocycles. The van der Waals surface area contributed by atoms with Crippen LogP contribution in [0.4, 0.5) is 5.69 Å². The van der Waals surface area contributed by atoms with Crippen LogP contribution in [0.15, 0.2) is 29.3 Å². The third-order valence-corrected chi connectivity index (χ3v) is 5.07. The van der Waals surface area contributed by atoms with E-state index in [9.17, 15) is 0 Å². The Hall–Kier alpha value is -1.02. The van der Waals surface area contributed by atoms with Gasteiger partial charge in [0.05, 0.1) is 18.2 Å². The molecule has 5 nitrogen and oxygen atoms in total. The van der Waals surface area contributed by atoms with Gasteiger partial charge in [-0.05, 0) is 50.8 Å². The molecule has 0 spiro atoms. The summed E-state index contributed by atoms with van der Waals surface area (Å²) in [6, 6.07) is 9.09. The van der Waals surface area contributed by atoms with E-state index >= 15 is 0 Å². The van der Waals surface area contributed by atoms with Crippen LogP contribution in [0.25, 0.3) is 0 Å². The largest absolute Gasteiger partial charge is 0.373 e. The fourth-order valence-electron chi connectivity index (χ4n) is 3.76. The van der Waals surface area contributed by atoms with Gasteiger partial charge in [-0.3, -0.25) is 4.99 Å². The number of aliphatic imine (C=N–C) groups is 1. The van der Waals surface area contributed by atoms with Crippen molar-refractivity contribution in [2.24, 2.45) is 4.99 Å². The maximum Gasteiger partial charge on any atom is 0.191 e. The third-order valence-electron chi connectivity index (χ3n) is 5.07. The lowest BCUT2D eigenvalue weighted by molar-refractivity contribution is 0.0992. The average molecular weight is 458 g/mol. The van der Waals surface area contributed by atoms with Crippen LogP contribution in [0.1, 0.15) is 31.7 Å². The van der Waals surface area contributed by atoms with Crippen LogP contribution in [0.2, 0.25) is 0 Å². The molecule has 1 aromatic rings. The Morgan fingerprint density at radius 3 is 2.80 bits per heavy atom. The van der Waals surface area contributed by atoms with Gasteiger partial charge in [-0.25, -0.2) is 0 Å². The molecule has 3 atom stereocenters. The molecule has 2 fully saturated rings. The SMILES string of the molecule is CCN(CCNC(=NC)NC1CC2CCC1O2)c1cccc(C)c1.I. The number of benzene rings is 1. The maximum absolute atomic E-state index is 5.91. The zero-order valence-electron chi connectivity index (χ0n) is 15.5. The second-order valence-corrected chi connectivity index (χ2v) is 6.78. The van der Waals surface area contributed by atoms with Crippen LogP contribution in [-0.4, -0.2) is 50.9 Å². The van der Waals surface area contributed by atoms with Gasteiger partial charge in [-0.2, -0.15) is 0 Å². The summed E-state index contributed by atoms with van der Waals surface area (Å²) in [5.41, 5.74) is 2.58. The highest BCUT2D eigenvalue weighted by Crippen LogP contribution is 2.34. The Morgan fingerprint density at radius 1 is 1.36 bits per heavy atom. The molecule has 2 heterocycles. The Bertz CT molecular complexity index is 580. The summed E-state index contributed by atoms with van der Waals surface area (Å²) in [6.45, 7) is 7.15. The number of ether oxygens (including phenoxy) is 1. The summed E-state index contributed by atoms with van der Waals surface area (Å²) < 4.78 is 5.91. The van der Waals surface area contributed by atoms with Gasteiger partial charge in [0.1, 0.15) is 0 Å². The van der Waals surface area contributed by atoms with E-state index in [1.165, 1.54) is 24.1 Å². The van der Waals surface area contributed by atoms with E-state index in [0.717, 1.165) is 32.0 Å². The Labute approximate surface area is 168 Å². The summed E-state index contributed by atoms with van der Waals surface area (Å²) in [7, 11) is 1.83. The van der Waals surface area contributed by atoms with Gasteiger partial charge in [0.2, 0.25) is 0 Å². The molecule has 140 valence electrons. The second kappa shape index (κ2) is 9.62. The van der Waals surface area contributed by atoms with E-state index < -0.39 is 0 Å². The topological polar surface area (TPSA) is 48.9 Å². The van der Waals surface area contributed by atoms with Crippen LogP contribution in [-0.2, 0) is 4.74 Å². The van der Waals surface area contributed by atoms with E-state index in [4.69, 9.17) is 4.74 Å². The van der Waals surface area contributed by atoms with Gasteiger partial charge in [-0.1, -0.05) is 12.1 Å². The van der Waals surface area contributed by atoms with Crippen LogP contribution in [0, 0.1) is 6.92 Å². The van der Waals surface area contributed by atoms with Crippen molar-refractivity contribution in [1.29, 1.82) is 0 Å². The van der Waals surface area contributed by atoms with Crippen molar-refractivity contribution in [1.82, 2.24) is 10.6 Å². The number of likely N-dealkylation sites (N-methyl/N-ethyl adjacent to an activating group) is 1. The number of anilines is 1. The number of nitrogens with one attached hydrogen (secondary N) is 2. The number of fused-ring (bicyclic) bond motifs is 2. The average Bonchev–Trinajstić information content (AvgIpc) is 3.20. The fourth-order valence-corrected chi connectivity index (χ4v) is 3.76. The highest BCUT2D eigenvalue weighted by atomic mass is 127. The molecular formula is C19H31IN4O. The molecule has 0 amide bonds. The van der Waals surface area contributed by atoms with E-state index in [1.54, 1.807) is 0 Å². The number of nitrogens with zero attached hydrogens (tertiary/aromatic N) is 2. The number of guanidine groups is 1. The zero-order valence-corrected chi connectivity index (χ0v) is 17.8. The lowest BCUT2D eigenvalue weighted by atomic mass is 9.96. The molecular weight excluding hydrogens is 427 g/mol. The van der Waals surface area contributed by atoms with Gasteiger partial charge < -0.3 is 20.3 Å². The molecule has 0 aromatic heterocycles. The summed E-state index contributed by atoms with van der Waals surface area (Å²) in [6.07, 6.45) is 4.33. The minimum Gasteiger partial charge on any atom is -0.373 e. The first kappa shape index (κ1) is 20.3. The molecule has 0 radical (unpaired) electrons. The number of halogens is 1. The van der Waals surface area contributed by atoms with E-state index in [1.807, 2.05) is 7.05 Å². The zero-order chi connectivity index (χ0) is 16.9. The molecule has 2 aliphatic rings. The van der Waals surface area contributed by atoms with Crippen molar-refractivity contribution >= 4 is 35.6 Å². The van der Waals surface area contributed by atoms with Crippen LogP contribution in [0.3, 0.4) is 0 Å². The van der Waals surface area contributed by atoms with Crippen molar-refractivity contribution in [3.63, 3.8) is 0 Å². The predicted octanol–water partition coefficient (Wildman–Crippen LogP) is 2.92.